The van der Waals surface area contributed by atoms with Crippen LogP contribution in [0.4, 0.5) is 0 Å². The predicted molar refractivity (Wildman–Crippen MR) is 446 cm³/mol. The smallest absolute Gasteiger partial charge is 0.180 e. The minimum atomic E-state index is 0.668. The second-order valence-corrected chi connectivity index (χ2v) is 27.6. The lowest BCUT2D eigenvalue weighted by molar-refractivity contribution is 0.668. The molecule has 8 heteroatoms. The highest BCUT2D eigenvalue weighted by Gasteiger charge is 2.24. The van der Waals surface area contributed by atoms with Crippen molar-refractivity contribution in [3.05, 3.63) is 376 Å². The van der Waals surface area contributed by atoms with Gasteiger partial charge in [-0.05, 0) is 134 Å². The molecule has 0 saturated carbocycles. The molecule has 0 amide bonds. The molecule has 0 aliphatic carbocycles. The SMILES string of the molecule is c1ccc(-c2ccc(-c3nc(-c4ccccc4)nc4c3oc3c(-c5ccc6cc(-n7c8ccccc8c8ccccc87)ccc6c5)cccc34)cc2)cc1.c1ccc(-c2cccc(-c3nc(-c4ccccc4)nc4c3oc3c(-c5ccc6cc(-n7c8ccccc8c8ccccc87)ccc6c5)cccc34)c2)cc1. The highest BCUT2D eigenvalue weighted by Crippen LogP contribution is 2.45. The molecule has 0 unspecified atom stereocenters. The maximum absolute atomic E-state index is 6.89. The zero-order valence-corrected chi connectivity index (χ0v) is 58.3. The Morgan fingerprint density at radius 2 is 0.509 bits per heavy atom. The van der Waals surface area contributed by atoms with Gasteiger partial charge in [-0.2, -0.15) is 0 Å². The van der Waals surface area contributed by atoms with E-state index >= 15 is 0 Å². The Morgan fingerprint density at radius 1 is 0.194 bits per heavy atom. The number of aromatic nitrogens is 6. The van der Waals surface area contributed by atoms with Gasteiger partial charge in [-0.3, -0.25) is 0 Å². The molecule has 0 N–H and O–H groups in total. The van der Waals surface area contributed by atoms with Gasteiger partial charge in [-0.25, -0.2) is 19.9 Å². The summed E-state index contributed by atoms with van der Waals surface area (Å²) < 4.78 is 18.5. The molecule has 6 aromatic heterocycles. The highest BCUT2D eigenvalue weighted by atomic mass is 16.3. The van der Waals surface area contributed by atoms with Crippen LogP contribution in [0.2, 0.25) is 0 Å². The molecule has 6 heterocycles. The molecule has 0 fully saturated rings. The second-order valence-electron chi connectivity index (χ2n) is 27.6. The van der Waals surface area contributed by atoms with Gasteiger partial charge in [0, 0.05) is 77.1 Å². The van der Waals surface area contributed by atoms with E-state index in [2.05, 4.69) is 337 Å². The lowest BCUT2D eigenvalue weighted by Gasteiger charge is -2.10. The van der Waals surface area contributed by atoms with Crippen LogP contribution in [-0.2, 0) is 0 Å². The van der Waals surface area contributed by atoms with Crippen LogP contribution < -0.4 is 0 Å². The van der Waals surface area contributed by atoms with Crippen LogP contribution in [0.15, 0.2) is 385 Å². The quantitative estimate of drug-likeness (QED) is 0.136. The Balaban J connectivity index is 0.000000138. The molecule has 0 spiro atoms. The standard InChI is InChI=1S/2C50H31N3O/c1-3-13-32(14-4-1)34-17-11-18-38(30-34)46-49-47(52-50(51-46)33-15-5-2-6-16-33)43-22-12-21-40(48(43)54-49)37-26-25-36-31-39(28-27-35(36)29-37)53-44-23-9-7-19-41(44)42-20-8-10-24-45(42)53;1-3-12-32(13-4-1)33-22-24-34(25-23-33)46-49-47(52-50(51-46)35-14-5-2-6-15-35)43-19-11-18-40(48(43)54-49)38-27-26-37-31-39(29-28-36(37)30-38)53-44-20-9-7-16-41(44)42-17-8-10-21-45(42)53/h2*1-31H. The maximum atomic E-state index is 6.89. The fourth-order valence-corrected chi connectivity index (χ4v) is 16.0. The number of benzene rings is 16. The minimum absolute atomic E-state index is 0.668. The number of para-hydroxylation sites is 6. The van der Waals surface area contributed by atoms with Crippen LogP contribution in [0, 0.1) is 0 Å². The first-order valence-corrected chi connectivity index (χ1v) is 36.5. The van der Waals surface area contributed by atoms with Crippen LogP contribution in [-0.4, -0.2) is 29.1 Å². The molecule has 0 saturated heterocycles. The number of nitrogens with zero attached hydrogens (tertiary/aromatic N) is 6. The lowest BCUT2D eigenvalue weighted by Crippen LogP contribution is -1.94. The summed E-state index contributed by atoms with van der Waals surface area (Å²) in [5, 5.41) is 11.6. The van der Waals surface area contributed by atoms with Crippen molar-refractivity contribution in [2.75, 3.05) is 0 Å². The summed E-state index contributed by atoms with van der Waals surface area (Å²) in [6, 6.07) is 132. The fraction of sp³-hybridized carbons (Fsp3) is 0. The van der Waals surface area contributed by atoms with E-state index < -0.39 is 0 Å². The molecule has 0 atom stereocenters. The molecule has 0 radical (unpaired) electrons. The van der Waals surface area contributed by atoms with E-state index in [1.165, 1.54) is 59.9 Å². The Bertz CT molecular complexity index is 7180. The first-order chi connectivity index (χ1) is 53.5. The molecular formula is C100H62N6O2. The average molecular weight is 1380 g/mol. The second kappa shape index (κ2) is 25.7. The highest BCUT2D eigenvalue weighted by molar-refractivity contribution is 6.15. The number of hydrogen-bond donors (Lipinski definition) is 0. The summed E-state index contributed by atoms with van der Waals surface area (Å²) in [6.07, 6.45) is 0. The van der Waals surface area contributed by atoms with Gasteiger partial charge in [0.25, 0.3) is 0 Å². The molecule has 0 aliphatic heterocycles. The van der Waals surface area contributed by atoms with E-state index in [1.54, 1.807) is 0 Å². The number of fused-ring (bicyclic) bond motifs is 14. The van der Waals surface area contributed by atoms with Crippen LogP contribution >= 0.6 is 0 Å². The maximum Gasteiger partial charge on any atom is 0.180 e. The third-order valence-corrected chi connectivity index (χ3v) is 21.2. The zero-order valence-electron chi connectivity index (χ0n) is 58.3. The van der Waals surface area contributed by atoms with Crippen molar-refractivity contribution in [3.63, 3.8) is 0 Å². The number of hydrogen-bond acceptors (Lipinski definition) is 6. The van der Waals surface area contributed by atoms with Gasteiger partial charge in [-0.15, -0.1) is 0 Å². The van der Waals surface area contributed by atoms with Gasteiger partial charge in [0.15, 0.2) is 22.8 Å². The van der Waals surface area contributed by atoms with E-state index in [-0.39, 0.29) is 0 Å². The number of furan rings is 2. The molecule has 0 bridgehead atoms. The zero-order chi connectivity index (χ0) is 71.2. The molecule has 16 aromatic carbocycles. The molecular weight excluding hydrogens is 1320 g/mol. The average Bonchev–Trinajstić information content (AvgIpc) is 1.59. The fourth-order valence-electron chi connectivity index (χ4n) is 16.0. The predicted octanol–water partition coefficient (Wildman–Crippen LogP) is 26.6. The summed E-state index contributed by atoms with van der Waals surface area (Å²) in [7, 11) is 0. The molecule has 22 rings (SSSR count). The first kappa shape index (κ1) is 62.0. The summed E-state index contributed by atoms with van der Waals surface area (Å²) in [4.78, 5) is 20.6. The Kier molecular flexibility index (Phi) is 14.7. The monoisotopic (exact) mass is 1380 g/mol. The normalized spacial score (nSPS) is 11.7. The van der Waals surface area contributed by atoms with Crippen molar-refractivity contribution >= 4 is 109 Å². The van der Waals surface area contributed by atoms with Crippen molar-refractivity contribution in [3.8, 4) is 101 Å². The number of rotatable bonds is 10. The Morgan fingerprint density at radius 3 is 0.954 bits per heavy atom. The summed E-state index contributed by atoms with van der Waals surface area (Å²) in [6.45, 7) is 0. The van der Waals surface area contributed by atoms with Crippen LogP contribution in [0.5, 0.6) is 0 Å². The van der Waals surface area contributed by atoms with Crippen molar-refractivity contribution in [2.45, 2.75) is 0 Å². The van der Waals surface area contributed by atoms with Crippen LogP contribution in [0.3, 0.4) is 0 Å². The van der Waals surface area contributed by atoms with Crippen molar-refractivity contribution in [1.82, 2.24) is 29.1 Å². The third-order valence-electron chi connectivity index (χ3n) is 21.2. The van der Waals surface area contributed by atoms with Crippen LogP contribution in [0.25, 0.3) is 210 Å². The van der Waals surface area contributed by atoms with E-state index in [0.29, 0.717) is 22.8 Å². The van der Waals surface area contributed by atoms with E-state index in [9.17, 15) is 0 Å². The molecule has 108 heavy (non-hydrogen) atoms. The van der Waals surface area contributed by atoms with E-state index in [1.807, 2.05) is 48.5 Å². The van der Waals surface area contributed by atoms with Gasteiger partial charge in [0.05, 0.1) is 22.1 Å². The van der Waals surface area contributed by atoms with Gasteiger partial charge < -0.3 is 18.0 Å². The summed E-state index contributed by atoms with van der Waals surface area (Å²) >= 11 is 0. The first-order valence-electron chi connectivity index (χ1n) is 36.5. The van der Waals surface area contributed by atoms with Crippen LogP contribution in [0.1, 0.15) is 0 Å². The summed E-state index contributed by atoms with van der Waals surface area (Å²) in [5.41, 5.74) is 25.9. The van der Waals surface area contributed by atoms with E-state index in [0.717, 1.165) is 128 Å². The van der Waals surface area contributed by atoms with Crippen molar-refractivity contribution < 1.29 is 8.83 Å². The van der Waals surface area contributed by atoms with Crippen molar-refractivity contribution in [2.24, 2.45) is 0 Å². The third kappa shape index (κ3) is 10.6. The lowest BCUT2D eigenvalue weighted by atomic mass is 9.99. The largest absolute Gasteiger partial charge is 0.451 e. The Hall–Kier alpha value is -14.6. The summed E-state index contributed by atoms with van der Waals surface area (Å²) in [5.74, 6) is 1.34. The van der Waals surface area contributed by atoms with Gasteiger partial charge in [0.2, 0.25) is 0 Å². The minimum Gasteiger partial charge on any atom is -0.451 e. The molecule has 0 aliphatic rings. The van der Waals surface area contributed by atoms with Gasteiger partial charge in [-0.1, -0.05) is 297 Å². The molecule has 8 nitrogen and oxygen atoms in total. The van der Waals surface area contributed by atoms with Gasteiger partial charge in [0.1, 0.15) is 33.6 Å². The van der Waals surface area contributed by atoms with Gasteiger partial charge >= 0.3 is 0 Å². The Labute approximate surface area is 620 Å². The topological polar surface area (TPSA) is 87.7 Å². The molecule has 504 valence electrons. The van der Waals surface area contributed by atoms with Crippen molar-refractivity contribution in [1.29, 1.82) is 0 Å². The van der Waals surface area contributed by atoms with E-state index in [4.69, 9.17) is 28.8 Å². The molecule has 22 aromatic rings.